The lowest BCUT2D eigenvalue weighted by Crippen LogP contribution is -2.05. The first kappa shape index (κ1) is 19.2. The Labute approximate surface area is 182 Å². The van der Waals surface area contributed by atoms with Gasteiger partial charge < -0.3 is 14.8 Å². The molecule has 1 aliphatic heterocycles. The molecule has 1 aliphatic rings. The number of aromatic nitrogens is 1. The third-order valence-corrected chi connectivity index (χ3v) is 5.79. The quantitative estimate of drug-likeness (QED) is 0.413. The normalized spacial score (nSPS) is 12.0. The Hall–Kier alpha value is -3.79. The maximum Gasteiger partial charge on any atom is 0.187 e. The molecule has 1 aromatic heterocycles. The number of aryl methyl sites for hydroxylation is 2. The van der Waals surface area contributed by atoms with Crippen molar-refractivity contribution >= 4 is 22.7 Å². The first-order chi connectivity index (χ1) is 15.1. The van der Waals surface area contributed by atoms with Gasteiger partial charge in [0.25, 0.3) is 0 Å². The van der Waals surface area contributed by atoms with E-state index in [1.165, 1.54) is 11.1 Å². The highest BCUT2D eigenvalue weighted by Crippen LogP contribution is 2.51. The van der Waals surface area contributed by atoms with E-state index in [9.17, 15) is 0 Å². The molecule has 3 aromatic carbocycles. The topological polar surface area (TPSA) is 43.4 Å². The fourth-order valence-corrected chi connectivity index (χ4v) is 4.44. The summed E-state index contributed by atoms with van der Waals surface area (Å²) in [6.07, 6.45) is 5.99. The number of nitrogens with zero attached hydrogens (tertiary/aromatic N) is 1. The van der Waals surface area contributed by atoms with Crippen molar-refractivity contribution in [2.45, 2.75) is 13.8 Å². The van der Waals surface area contributed by atoms with Crippen molar-refractivity contribution in [3.8, 4) is 33.8 Å². The highest BCUT2D eigenvalue weighted by molar-refractivity contribution is 6.13. The second-order valence-electron chi connectivity index (χ2n) is 7.84. The van der Waals surface area contributed by atoms with Crippen molar-refractivity contribution in [3.05, 3.63) is 77.6 Å². The van der Waals surface area contributed by atoms with Gasteiger partial charge in [0.2, 0.25) is 0 Å². The summed E-state index contributed by atoms with van der Waals surface area (Å²) in [5, 5.41) is 4.51. The van der Waals surface area contributed by atoms with Crippen molar-refractivity contribution in [1.82, 2.24) is 4.98 Å². The van der Waals surface area contributed by atoms with E-state index in [0.717, 1.165) is 44.4 Å². The number of hydrogen-bond donors (Lipinski definition) is 1. The minimum Gasteiger partial charge on any atom is -0.492 e. The van der Waals surface area contributed by atoms with Crippen LogP contribution < -0.4 is 14.8 Å². The Balaban J connectivity index is 1.92. The maximum absolute atomic E-state index is 5.89. The monoisotopic (exact) mass is 408 g/mol. The number of benzene rings is 3. The van der Waals surface area contributed by atoms with Gasteiger partial charge in [-0.1, -0.05) is 59.7 Å². The smallest absolute Gasteiger partial charge is 0.187 e. The second-order valence-corrected chi connectivity index (χ2v) is 7.84. The molecule has 0 fully saturated rings. The van der Waals surface area contributed by atoms with Gasteiger partial charge in [-0.05, 0) is 36.6 Å². The van der Waals surface area contributed by atoms with Crippen LogP contribution in [-0.2, 0) is 0 Å². The van der Waals surface area contributed by atoms with Gasteiger partial charge in [0.15, 0.2) is 11.5 Å². The number of anilines is 1. The summed E-state index contributed by atoms with van der Waals surface area (Å²) < 4.78 is 11.7. The average Bonchev–Trinajstić information content (AvgIpc) is 2.79. The average molecular weight is 409 g/mol. The molecule has 0 bridgehead atoms. The SMILES string of the molecule is COc1c(-c2cccc(C)c2)c2c3c(c(-c4cccc(C)c4)cnc3c1OC)NC=C2. The zero-order valence-electron chi connectivity index (χ0n) is 18.1. The van der Waals surface area contributed by atoms with Gasteiger partial charge in [-0.15, -0.1) is 0 Å². The summed E-state index contributed by atoms with van der Waals surface area (Å²) in [5.41, 5.74) is 9.59. The second kappa shape index (κ2) is 7.47. The number of ether oxygens (including phenoxy) is 2. The number of hydrogen-bond acceptors (Lipinski definition) is 4. The maximum atomic E-state index is 5.89. The van der Waals surface area contributed by atoms with Crippen molar-refractivity contribution in [3.63, 3.8) is 0 Å². The van der Waals surface area contributed by atoms with E-state index in [4.69, 9.17) is 14.5 Å². The molecule has 1 N–H and O–H groups in total. The fourth-order valence-electron chi connectivity index (χ4n) is 4.44. The van der Waals surface area contributed by atoms with E-state index in [-0.39, 0.29) is 0 Å². The van der Waals surface area contributed by atoms with Gasteiger partial charge in [-0.25, -0.2) is 0 Å². The Morgan fingerprint density at radius 1 is 0.839 bits per heavy atom. The van der Waals surface area contributed by atoms with Crippen LogP contribution in [0.4, 0.5) is 5.69 Å². The van der Waals surface area contributed by atoms with E-state index >= 15 is 0 Å². The molecule has 4 aromatic rings. The molecule has 0 amide bonds. The molecule has 0 atom stereocenters. The van der Waals surface area contributed by atoms with Crippen LogP contribution >= 0.6 is 0 Å². The van der Waals surface area contributed by atoms with E-state index in [0.29, 0.717) is 11.5 Å². The summed E-state index contributed by atoms with van der Waals surface area (Å²) in [7, 11) is 3.35. The van der Waals surface area contributed by atoms with Crippen molar-refractivity contribution in [2.75, 3.05) is 19.5 Å². The molecular formula is C27H24N2O2. The largest absolute Gasteiger partial charge is 0.492 e. The third kappa shape index (κ3) is 3.03. The summed E-state index contributed by atoms with van der Waals surface area (Å²) in [6, 6.07) is 16.9. The van der Waals surface area contributed by atoms with Crippen LogP contribution in [0.1, 0.15) is 16.7 Å². The molecule has 31 heavy (non-hydrogen) atoms. The third-order valence-electron chi connectivity index (χ3n) is 5.79. The van der Waals surface area contributed by atoms with E-state index in [2.05, 4.69) is 73.8 Å². The van der Waals surface area contributed by atoms with Gasteiger partial charge >= 0.3 is 0 Å². The first-order valence-electron chi connectivity index (χ1n) is 10.3. The predicted molar refractivity (Wildman–Crippen MR) is 128 cm³/mol. The Morgan fingerprint density at radius 3 is 2.19 bits per heavy atom. The zero-order valence-corrected chi connectivity index (χ0v) is 18.1. The number of methoxy groups -OCH3 is 2. The Kier molecular flexibility index (Phi) is 4.63. The number of rotatable bonds is 4. The van der Waals surface area contributed by atoms with Crippen LogP contribution in [-0.4, -0.2) is 19.2 Å². The number of pyridine rings is 1. The van der Waals surface area contributed by atoms with Crippen LogP contribution in [0.3, 0.4) is 0 Å². The molecule has 0 spiro atoms. The molecule has 4 nitrogen and oxygen atoms in total. The summed E-state index contributed by atoms with van der Waals surface area (Å²) in [6.45, 7) is 4.20. The standard InChI is InChI=1S/C27H24N2O2/c1-16-7-5-9-18(13-16)21-15-29-25-23-20(11-12-28-24(21)23)22(26(30-3)27(25)31-4)19-10-6-8-17(2)14-19/h5-15,28H,1-4H3. The van der Waals surface area contributed by atoms with Crippen LogP contribution in [0.2, 0.25) is 0 Å². The van der Waals surface area contributed by atoms with Crippen molar-refractivity contribution in [2.24, 2.45) is 0 Å². The lowest BCUT2D eigenvalue weighted by atomic mass is 9.89. The molecular weight excluding hydrogens is 384 g/mol. The summed E-state index contributed by atoms with van der Waals surface area (Å²) in [4.78, 5) is 4.84. The molecule has 4 heteroatoms. The molecule has 2 heterocycles. The van der Waals surface area contributed by atoms with E-state index < -0.39 is 0 Å². The predicted octanol–water partition coefficient (Wildman–Crippen LogP) is 6.60. The van der Waals surface area contributed by atoms with Crippen LogP contribution in [0.5, 0.6) is 11.5 Å². The van der Waals surface area contributed by atoms with Gasteiger partial charge in [0.05, 0.1) is 19.9 Å². The minimum absolute atomic E-state index is 0.645. The lowest BCUT2D eigenvalue weighted by molar-refractivity contribution is 0.359. The van der Waals surface area contributed by atoms with Gasteiger partial charge in [-0.2, -0.15) is 0 Å². The summed E-state index contributed by atoms with van der Waals surface area (Å²) in [5.74, 6) is 1.34. The molecule has 0 unspecified atom stereocenters. The number of nitrogens with one attached hydrogen (secondary N) is 1. The molecule has 0 saturated heterocycles. The van der Waals surface area contributed by atoms with Crippen LogP contribution in [0, 0.1) is 13.8 Å². The summed E-state index contributed by atoms with van der Waals surface area (Å²) >= 11 is 0. The zero-order chi connectivity index (χ0) is 21.5. The lowest BCUT2D eigenvalue weighted by Gasteiger charge is -2.24. The van der Waals surface area contributed by atoms with E-state index in [1.807, 2.05) is 12.4 Å². The van der Waals surface area contributed by atoms with Gasteiger partial charge in [-0.3, -0.25) is 4.98 Å². The van der Waals surface area contributed by atoms with E-state index in [1.54, 1.807) is 14.2 Å². The van der Waals surface area contributed by atoms with Crippen LogP contribution in [0.25, 0.3) is 39.2 Å². The molecule has 5 rings (SSSR count). The Morgan fingerprint density at radius 2 is 1.52 bits per heavy atom. The van der Waals surface area contributed by atoms with Gasteiger partial charge in [0, 0.05) is 28.9 Å². The van der Waals surface area contributed by atoms with Crippen LogP contribution in [0.15, 0.2) is 60.9 Å². The molecule has 0 saturated carbocycles. The minimum atomic E-state index is 0.645. The molecule has 0 radical (unpaired) electrons. The first-order valence-corrected chi connectivity index (χ1v) is 10.3. The fraction of sp³-hybridized carbons (Fsp3) is 0.148. The van der Waals surface area contributed by atoms with Gasteiger partial charge in [0.1, 0.15) is 5.52 Å². The molecule has 0 aliphatic carbocycles. The Bertz CT molecular complexity index is 1360. The highest BCUT2D eigenvalue weighted by Gasteiger charge is 2.26. The van der Waals surface area contributed by atoms with Crippen molar-refractivity contribution < 1.29 is 9.47 Å². The highest BCUT2D eigenvalue weighted by atomic mass is 16.5. The molecule has 154 valence electrons. The van der Waals surface area contributed by atoms with Crippen molar-refractivity contribution in [1.29, 1.82) is 0 Å².